The van der Waals surface area contributed by atoms with Crippen LogP contribution in [0.4, 0.5) is 0 Å². The standard InChI is InChI=1S/C18H18N4OS/c1-13-6-5-9-15(10-13)17(23)19-11-16-20-21-18(24)22(16)12-14-7-3-2-4-8-14/h2-10H,11-12H2,1H3,(H,19,23)(H,21,24). The summed E-state index contributed by atoms with van der Waals surface area (Å²) in [6.45, 7) is 2.89. The lowest BCUT2D eigenvalue weighted by molar-refractivity contribution is 0.0949. The second-order valence-electron chi connectivity index (χ2n) is 5.57. The van der Waals surface area contributed by atoms with Crippen LogP contribution in [0.3, 0.4) is 0 Å². The lowest BCUT2D eigenvalue weighted by Gasteiger charge is -2.08. The average molecular weight is 338 g/mol. The van der Waals surface area contributed by atoms with Gasteiger partial charge in [-0.3, -0.25) is 14.5 Å². The molecule has 3 aromatic rings. The first-order chi connectivity index (χ1) is 11.6. The molecule has 0 spiro atoms. The van der Waals surface area contributed by atoms with Crippen LogP contribution < -0.4 is 5.32 Å². The van der Waals surface area contributed by atoms with Gasteiger partial charge in [0, 0.05) is 5.56 Å². The fourth-order valence-electron chi connectivity index (χ4n) is 2.46. The largest absolute Gasteiger partial charge is 0.345 e. The summed E-state index contributed by atoms with van der Waals surface area (Å²) in [5.41, 5.74) is 2.81. The molecule has 0 aliphatic heterocycles. The molecule has 0 aliphatic rings. The summed E-state index contributed by atoms with van der Waals surface area (Å²) in [6.07, 6.45) is 0. The highest BCUT2D eigenvalue weighted by Gasteiger charge is 2.10. The third kappa shape index (κ3) is 3.78. The predicted octanol–water partition coefficient (Wildman–Crippen LogP) is 3.23. The topological polar surface area (TPSA) is 62.7 Å². The summed E-state index contributed by atoms with van der Waals surface area (Å²) in [6, 6.07) is 17.5. The molecule has 1 heterocycles. The summed E-state index contributed by atoms with van der Waals surface area (Å²) in [5.74, 6) is 0.573. The van der Waals surface area contributed by atoms with E-state index in [1.807, 2.05) is 60.0 Å². The number of aromatic amines is 1. The van der Waals surface area contributed by atoms with E-state index >= 15 is 0 Å². The molecule has 0 unspecified atom stereocenters. The second-order valence-corrected chi connectivity index (χ2v) is 5.96. The monoisotopic (exact) mass is 338 g/mol. The molecule has 122 valence electrons. The number of aryl methyl sites for hydroxylation is 1. The Hall–Kier alpha value is -2.73. The van der Waals surface area contributed by atoms with Crippen LogP contribution in [0.2, 0.25) is 0 Å². The van der Waals surface area contributed by atoms with E-state index in [1.165, 1.54) is 0 Å². The number of carbonyl (C=O) groups is 1. The zero-order chi connectivity index (χ0) is 16.9. The molecule has 0 fully saturated rings. The van der Waals surface area contributed by atoms with Gasteiger partial charge in [-0.25, -0.2) is 0 Å². The maximum absolute atomic E-state index is 12.3. The Labute approximate surface area is 145 Å². The summed E-state index contributed by atoms with van der Waals surface area (Å²) in [5, 5.41) is 9.91. The maximum Gasteiger partial charge on any atom is 0.251 e. The molecule has 0 aliphatic carbocycles. The Morgan fingerprint density at radius 2 is 2.00 bits per heavy atom. The Bertz CT molecular complexity index is 899. The second kappa shape index (κ2) is 7.23. The molecular weight excluding hydrogens is 320 g/mol. The van der Waals surface area contributed by atoms with E-state index in [-0.39, 0.29) is 5.91 Å². The molecule has 0 atom stereocenters. The molecule has 24 heavy (non-hydrogen) atoms. The lowest BCUT2D eigenvalue weighted by atomic mass is 10.1. The van der Waals surface area contributed by atoms with Crippen molar-refractivity contribution in [1.29, 1.82) is 0 Å². The number of nitrogens with zero attached hydrogens (tertiary/aromatic N) is 2. The fourth-order valence-corrected chi connectivity index (χ4v) is 2.68. The number of nitrogens with one attached hydrogen (secondary N) is 2. The quantitative estimate of drug-likeness (QED) is 0.702. The first-order valence-corrected chi connectivity index (χ1v) is 8.07. The molecule has 5 nitrogen and oxygen atoms in total. The van der Waals surface area contributed by atoms with Crippen molar-refractivity contribution in [3.8, 4) is 0 Å². The molecule has 1 aromatic heterocycles. The van der Waals surface area contributed by atoms with E-state index in [0.717, 1.165) is 11.1 Å². The molecule has 2 N–H and O–H groups in total. The fraction of sp³-hybridized carbons (Fsp3) is 0.167. The molecule has 0 saturated heterocycles. The number of amides is 1. The van der Waals surface area contributed by atoms with Gasteiger partial charge in [0.15, 0.2) is 10.6 Å². The minimum Gasteiger partial charge on any atom is -0.345 e. The third-order valence-electron chi connectivity index (χ3n) is 3.71. The number of benzene rings is 2. The van der Waals surface area contributed by atoms with Crippen LogP contribution in [0.5, 0.6) is 0 Å². The molecule has 6 heteroatoms. The molecule has 3 rings (SSSR count). The van der Waals surface area contributed by atoms with Crippen molar-refractivity contribution in [1.82, 2.24) is 20.1 Å². The first kappa shape index (κ1) is 16.1. The Morgan fingerprint density at radius 1 is 1.21 bits per heavy atom. The molecule has 1 amide bonds. The van der Waals surface area contributed by atoms with Crippen molar-refractivity contribution in [3.05, 3.63) is 81.9 Å². The van der Waals surface area contributed by atoms with Crippen LogP contribution >= 0.6 is 12.2 Å². The smallest absolute Gasteiger partial charge is 0.251 e. The van der Waals surface area contributed by atoms with Gasteiger partial charge in [0.05, 0.1) is 13.1 Å². The van der Waals surface area contributed by atoms with Gasteiger partial charge in [-0.15, -0.1) is 0 Å². The Morgan fingerprint density at radius 3 is 2.75 bits per heavy atom. The molecule has 0 radical (unpaired) electrons. The zero-order valence-electron chi connectivity index (χ0n) is 13.3. The van der Waals surface area contributed by atoms with Crippen LogP contribution in [-0.2, 0) is 13.1 Å². The Kier molecular flexibility index (Phi) is 4.86. The highest BCUT2D eigenvalue weighted by molar-refractivity contribution is 7.71. The van der Waals surface area contributed by atoms with Gasteiger partial charge in [0.25, 0.3) is 5.91 Å². The first-order valence-electron chi connectivity index (χ1n) is 7.66. The van der Waals surface area contributed by atoms with Crippen molar-refractivity contribution in [3.63, 3.8) is 0 Å². The number of aromatic nitrogens is 3. The summed E-state index contributed by atoms with van der Waals surface area (Å²) in [7, 11) is 0. The van der Waals surface area contributed by atoms with Crippen LogP contribution in [-0.4, -0.2) is 20.7 Å². The van der Waals surface area contributed by atoms with Crippen molar-refractivity contribution >= 4 is 18.1 Å². The number of rotatable bonds is 5. The van der Waals surface area contributed by atoms with Crippen molar-refractivity contribution in [2.45, 2.75) is 20.0 Å². The zero-order valence-corrected chi connectivity index (χ0v) is 14.1. The third-order valence-corrected chi connectivity index (χ3v) is 4.02. The molecular formula is C18H18N4OS. The maximum atomic E-state index is 12.3. The van der Waals surface area contributed by atoms with Gasteiger partial charge in [-0.2, -0.15) is 5.10 Å². The van der Waals surface area contributed by atoms with Gasteiger partial charge in [0.2, 0.25) is 0 Å². The van der Waals surface area contributed by atoms with Gasteiger partial charge in [-0.1, -0.05) is 48.0 Å². The van der Waals surface area contributed by atoms with E-state index in [9.17, 15) is 4.79 Å². The summed E-state index contributed by atoms with van der Waals surface area (Å²) in [4.78, 5) is 12.3. The summed E-state index contributed by atoms with van der Waals surface area (Å²) >= 11 is 5.29. The van der Waals surface area contributed by atoms with Crippen molar-refractivity contribution in [2.24, 2.45) is 0 Å². The van der Waals surface area contributed by atoms with Crippen molar-refractivity contribution < 1.29 is 4.79 Å². The number of carbonyl (C=O) groups excluding carboxylic acids is 1. The predicted molar refractivity (Wildman–Crippen MR) is 95.3 cm³/mol. The van der Waals surface area contributed by atoms with Crippen LogP contribution in [0, 0.1) is 11.7 Å². The van der Waals surface area contributed by atoms with E-state index in [0.29, 0.717) is 29.2 Å². The van der Waals surface area contributed by atoms with Crippen LogP contribution in [0.1, 0.15) is 27.3 Å². The SMILES string of the molecule is Cc1cccc(C(=O)NCc2n[nH]c(=S)n2Cc2ccccc2)c1. The van der Waals surface area contributed by atoms with Crippen LogP contribution in [0.25, 0.3) is 0 Å². The minimum atomic E-state index is -0.126. The number of hydrogen-bond acceptors (Lipinski definition) is 3. The highest BCUT2D eigenvalue weighted by Crippen LogP contribution is 2.07. The van der Waals surface area contributed by atoms with Gasteiger partial charge < -0.3 is 5.32 Å². The Balaban J connectivity index is 1.72. The molecule has 0 bridgehead atoms. The van der Waals surface area contributed by atoms with Crippen molar-refractivity contribution in [2.75, 3.05) is 0 Å². The van der Waals surface area contributed by atoms with E-state index < -0.39 is 0 Å². The summed E-state index contributed by atoms with van der Waals surface area (Å²) < 4.78 is 2.43. The van der Waals surface area contributed by atoms with E-state index in [2.05, 4.69) is 15.5 Å². The lowest BCUT2D eigenvalue weighted by Crippen LogP contribution is -2.25. The van der Waals surface area contributed by atoms with Gasteiger partial charge >= 0.3 is 0 Å². The molecule has 2 aromatic carbocycles. The normalized spacial score (nSPS) is 10.5. The average Bonchev–Trinajstić information content (AvgIpc) is 2.94. The van der Waals surface area contributed by atoms with E-state index in [1.54, 1.807) is 6.07 Å². The van der Waals surface area contributed by atoms with E-state index in [4.69, 9.17) is 12.2 Å². The minimum absolute atomic E-state index is 0.126. The number of hydrogen-bond donors (Lipinski definition) is 2. The molecule has 0 saturated carbocycles. The highest BCUT2D eigenvalue weighted by atomic mass is 32.1. The van der Waals surface area contributed by atoms with Crippen LogP contribution in [0.15, 0.2) is 54.6 Å². The van der Waals surface area contributed by atoms with Gasteiger partial charge in [-0.05, 0) is 36.8 Å². The van der Waals surface area contributed by atoms with Gasteiger partial charge in [0.1, 0.15) is 0 Å². The number of H-pyrrole nitrogens is 1.